The van der Waals surface area contributed by atoms with E-state index in [2.05, 4.69) is 65.3 Å². The Bertz CT molecular complexity index is 643. The number of nitrogens with one attached hydrogen (secondary N) is 1. The minimum atomic E-state index is 0.326. The lowest BCUT2D eigenvalue weighted by Crippen LogP contribution is -2.23. The van der Waals surface area contributed by atoms with Crippen LogP contribution < -0.4 is 5.32 Å². The largest absolute Gasteiger partial charge is 0.312 e. The highest BCUT2D eigenvalue weighted by Crippen LogP contribution is 2.41. The molecule has 3 rings (SSSR count). The van der Waals surface area contributed by atoms with Crippen LogP contribution in [0.5, 0.6) is 0 Å². The number of aryl methyl sites for hydroxylation is 3. The number of hydrogen-bond donors (Lipinski definition) is 1. The first-order chi connectivity index (χ1) is 10.1. The first-order valence-corrected chi connectivity index (χ1v) is 8.28. The van der Waals surface area contributed by atoms with Crippen LogP contribution in [-0.2, 0) is 6.42 Å². The molecule has 110 valence electrons. The summed E-state index contributed by atoms with van der Waals surface area (Å²) in [6.45, 7) is 4.32. The summed E-state index contributed by atoms with van der Waals surface area (Å²) in [7, 11) is 2.05. The minimum Gasteiger partial charge on any atom is -0.312 e. The standard InChI is InChI=1S/C18H21BrN2/c1-11-9-14(10-12(2)16(11)19)17(20-3)15-7-6-13-5-4-8-21-18(13)15/h4-5,8-10,15,17,20H,6-7H2,1-3H3. The van der Waals surface area contributed by atoms with Crippen LogP contribution in [0.1, 0.15) is 46.3 Å². The maximum absolute atomic E-state index is 4.65. The van der Waals surface area contributed by atoms with Crippen LogP contribution in [-0.4, -0.2) is 12.0 Å². The van der Waals surface area contributed by atoms with Crippen molar-refractivity contribution < 1.29 is 0 Å². The Hall–Kier alpha value is -1.19. The number of pyridine rings is 1. The highest BCUT2D eigenvalue weighted by molar-refractivity contribution is 9.10. The first-order valence-electron chi connectivity index (χ1n) is 7.49. The molecular formula is C18H21BrN2. The zero-order chi connectivity index (χ0) is 15.0. The van der Waals surface area contributed by atoms with Gasteiger partial charge in [0.25, 0.3) is 0 Å². The Morgan fingerprint density at radius 3 is 2.67 bits per heavy atom. The predicted molar refractivity (Wildman–Crippen MR) is 90.7 cm³/mol. The number of aromatic nitrogens is 1. The van der Waals surface area contributed by atoms with E-state index in [1.54, 1.807) is 0 Å². The molecule has 0 amide bonds. The summed E-state index contributed by atoms with van der Waals surface area (Å²) in [5.41, 5.74) is 6.64. The average Bonchev–Trinajstić information content (AvgIpc) is 2.90. The number of likely N-dealkylation sites (N-methyl/N-ethyl adjacent to an activating group) is 1. The molecule has 3 heteroatoms. The summed E-state index contributed by atoms with van der Waals surface area (Å²) in [6, 6.07) is 9.17. The Morgan fingerprint density at radius 2 is 2.00 bits per heavy atom. The van der Waals surface area contributed by atoms with E-state index in [9.17, 15) is 0 Å². The van der Waals surface area contributed by atoms with Gasteiger partial charge >= 0.3 is 0 Å². The van der Waals surface area contributed by atoms with E-state index in [1.807, 2.05) is 12.3 Å². The summed E-state index contributed by atoms with van der Waals surface area (Å²) in [4.78, 5) is 4.65. The molecule has 1 aliphatic carbocycles. The van der Waals surface area contributed by atoms with Crippen molar-refractivity contribution in [3.8, 4) is 0 Å². The van der Waals surface area contributed by atoms with Gasteiger partial charge in [-0.2, -0.15) is 0 Å². The molecule has 2 nitrogen and oxygen atoms in total. The summed E-state index contributed by atoms with van der Waals surface area (Å²) in [5.74, 6) is 0.464. The molecular weight excluding hydrogens is 324 g/mol. The molecule has 0 bridgehead atoms. The smallest absolute Gasteiger partial charge is 0.0485 e. The van der Waals surface area contributed by atoms with Crippen LogP contribution in [0.15, 0.2) is 34.9 Å². The van der Waals surface area contributed by atoms with Crippen molar-refractivity contribution in [2.75, 3.05) is 7.05 Å². The van der Waals surface area contributed by atoms with Crippen molar-refractivity contribution >= 4 is 15.9 Å². The Balaban J connectivity index is 2.00. The van der Waals surface area contributed by atoms with Gasteiger partial charge in [-0.1, -0.05) is 34.1 Å². The Kier molecular flexibility index (Phi) is 4.14. The van der Waals surface area contributed by atoms with Crippen LogP contribution in [0, 0.1) is 13.8 Å². The van der Waals surface area contributed by atoms with E-state index in [4.69, 9.17) is 0 Å². The van der Waals surface area contributed by atoms with Crippen LogP contribution in [0.4, 0.5) is 0 Å². The van der Waals surface area contributed by atoms with Gasteiger partial charge in [-0.15, -0.1) is 0 Å². The molecule has 0 saturated carbocycles. The number of benzene rings is 1. The maximum atomic E-state index is 4.65. The topological polar surface area (TPSA) is 24.9 Å². The van der Waals surface area contributed by atoms with Crippen molar-refractivity contribution in [3.63, 3.8) is 0 Å². The summed E-state index contributed by atoms with van der Waals surface area (Å²) in [6.07, 6.45) is 4.23. The number of rotatable bonds is 3. The second-order valence-corrected chi connectivity index (χ2v) is 6.72. The minimum absolute atomic E-state index is 0.326. The summed E-state index contributed by atoms with van der Waals surface area (Å²) < 4.78 is 1.21. The third-order valence-corrected chi connectivity index (χ3v) is 5.78. The van der Waals surface area contributed by atoms with Gasteiger partial charge in [-0.25, -0.2) is 0 Å². The molecule has 1 N–H and O–H groups in total. The van der Waals surface area contributed by atoms with E-state index in [-0.39, 0.29) is 0 Å². The quantitative estimate of drug-likeness (QED) is 0.889. The van der Waals surface area contributed by atoms with Crippen LogP contribution in [0.25, 0.3) is 0 Å². The molecule has 2 atom stereocenters. The second-order valence-electron chi connectivity index (χ2n) is 5.93. The molecule has 0 saturated heterocycles. The lowest BCUT2D eigenvalue weighted by molar-refractivity contribution is 0.469. The fourth-order valence-electron chi connectivity index (χ4n) is 3.53. The van der Waals surface area contributed by atoms with Gasteiger partial charge in [-0.3, -0.25) is 4.98 Å². The van der Waals surface area contributed by atoms with Gasteiger partial charge in [0, 0.05) is 28.3 Å². The highest BCUT2D eigenvalue weighted by Gasteiger charge is 2.31. The van der Waals surface area contributed by atoms with Gasteiger partial charge in [0.2, 0.25) is 0 Å². The van der Waals surface area contributed by atoms with Gasteiger partial charge in [0.1, 0.15) is 0 Å². The van der Waals surface area contributed by atoms with Gasteiger partial charge in [-0.05, 0) is 62.1 Å². The van der Waals surface area contributed by atoms with E-state index in [0.29, 0.717) is 12.0 Å². The molecule has 0 aliphatic heterocycles. The van der Waals surface area contributed by atoms with Gasteiger partial charge in [0.05, 0.1) is 0 Å². The second kappa shape index (κ2) is 5.90. The monoisotopic (exact) mass is 344 g/mol. The average molecular weight is 345 g/mol. The number of halogens is 1. The van der Waals surface area contributed by atoms with Crippen molar-refractivity contribution in [2.24, 2.45) is 0 Å². The van der Waals surface area contributed by atoms with Crippen LogP contribution in [0.2, 0.25) is 0 Å². The van der Waals surface area contributed by atoms with E-state index >= 15 is 0 Å². The summed E-state index contributed by atoms with van der Waals surface area (Å²) in [5, 5.41) is 3.52. The number of hydrogen-bond acceptors (Lipinski definition) is 2. The van der Waals surface area contributed by atoms with Crippen molar-refractivity contribution in [3.05, 3.63) is 62.9 Å². The van der Waals surface area contributed by atoms with Crippen LogP contribution >= 0.6 is 15.9 Å². The first kappa shape index (κ1) is 14.7. The van der Waals surface area contributed by atoms with Gasteiger partial charge in [0.15, 0.2) is 0 Å². The van der Waals surface area contributed by atoms with E-state index in [1.165, 1.54) is 38.8 Å². The van der Waals surface area contributed by atoms with Crippen molar-refractivity contribution in [2.45, 2.75) is 38.6 Å². The third-order valence-electron chi connectivity index (χ3n) is 4.53. The van der Waals surface area contributed by atoms with E-state index < -0.39 is 0 Å². The fraction of sp³-hybridized carbons (Fsp3) is 0.389. The molecule has 1 aromatic heterocycles. The normalized spacial score (nSPS) is 18.6. The number of nitrogens with zero attached hydrogens (tertiary/aromatic N) is 1. The zero-order valence-corrected chi connectivity index (χ0v) is 14.4. The fourth-order valence-corrected chi connectivity index (χ4v) is 3.76. The Morgan fingerprint density at radius 1 is 1.29 bits per heavy atom. The molecule has 1 aliphatic rings. The van der Waals surface area contributed by atoms with Crippen molar-refractivity contribution in [1.82, 2.24) is 10.3 Å². The molecule has 21 heavy (non-hydrogen) atoms. The molecule has 2 aromatic rings. The molecule has 1 heterocycles. The van der Waals surface area contributed by atoms with Crippen LogP contribution in [0.3, 0.4) is 0 Å². The lowest BCUT2D eigenvalue weighted by atomic mass is 9.89. The third kappa shape index (κ3) is 2.65. The highest BCUT2D eigenvalue weighted by atomic mass is 79.9. The molecule has 0 radical (unpaired) electrons. The molecule has 0 spiro atoms. The van der Waals surface area contributed by atoms with Gasteiger partial charge < -0.3 is 5.32 Å². The van der Waals surface area contributed by atoms with Crippen molar-refractivity contribution in [1.29, 1.82) is 0 Å². The summed E-state index contributed by atoms with van der Waals surface area (Å²) >= 11 is 3.66. The molecule has 1 aromatic carbocycles. The maximum Gasteiger partial charge on any atom is 0.0485 e. The lowest BCUT2D eigenvalue weighted by Gasteiger charge is -2.25. The number of fused-ring (bicyclic) bond motifs is 1. The predicted octanol–water partition coefficient (Wildman–Crippen LogP) is 4.45. The van der Waals surface area contributed by atoms with E-state index in [0.717, 1.165) is 6.42 Å². The molecule has 2 unspecified atom stereocenters. The zero-order valence-electron chi connectivity index (χ0n) is 12.8. The SMILES string of the molecule is CNC(c1cc(C)c(Br)c(C)c1)C1CCc2cccnc21. The Labute approximate surface area is 135 Å². The molecule has 0 fully saturated rings.